The number of methoxy groups -OCH3 is 1. The molecule has 0 aliphatic heterocycles. The summed E-state index contributed by atoms with van der Waals surface area (Å²) in [7, 11) is 5.63. The SMILES string of the molecule is COc1ccc(C(CNC(=O)COc2ccc(C)cc2)N(C)C)cc1. The summed E-state index contributed by atoms with van der Waals surface area (Å²) in [6.07, 6.45) is 0. The molecule has 1 N–H and O–H groups in total. The Kier molecular flexibility index (Phi) is 6.83. The van der Waals surface area contributed by atoms with Crippen LogP contribution in [0.25, 0.3) is 0 Å². The molecule has 5 heteroatoms. The van der Waals surface area contributed by atoms with E-state index in [1.165, 1.54) is 0 Å². The highest BCUT2D eigenvalue weighted by Gasteiger charge is 2.15. The van der Waals surface area contributed by atoms with Crippen molar-refractivity contribution in [3.63, 3.8) is 0 Å². The Hall–Kier alpha value is -2.53. The van der Waals surface area contributed by atoms with E-state index >= 15 is 0 Å². The van der Waals surface area contributed by atoms with Gasteiger partial charge in [-0.3, -0.25) is 4.79 Å². The number of amides is 1. The maximum absolute atomic E-state index is 12.1. The number of nitrogens with zero attached hydrogens (tertiary/aromatic N) is 1. The third kappa shape index (κ3) is 5.80. The van der Waals surface area contributed by atoms with E-state index in [9.17, 15) is 4.79 Å². The molecule has 0 aliphatic carbocycles. The van der Waals surface area contributed by atoms with Crippen LogP contribution in [0, 0.1) is 6.92 Å². The van der Waals surface area contributed by atoms with Gasteiger partial charge in [0, 0.05) is 6.54 Å². The highest BCUT2D eigenvalue weighted by molar-refractivity contribution is 5.77. The van der Waals surface area contributed by atoms with Crippen molar-refractivity contribution in [2.24, 2.45) is 0 Å². The lowest BCUT2D eigenvalue weighted by Crippen LogP contribution is -2.36. The van der Waals surface area contributed by atoms with Gasteiger partial charge in [0.15, 0.2) is 6.61 Å². The summed E-state index contributed by atoms with van der Waals surface area (Å²) < 4.78 is 10.7. The number of hydrogen-bond donors (Lipinski definition) is 1. The van der Waals surface area contributed by atoms with E-state index in [-0.39, 0.29) is 18.6 Å². The molecule has 0 saturated carbocycles. The fourth-order valence-corrected chi connectivity index (χ4v) is 2.47. The van der Waals surface area contributed by atoms with Gasteiger partial charge < -0.3 is 19.7 Å². The van der Waals surface area contributed by atoms with E-state index in [1.807, 2.05) is 69.6 Å². The zero-order valence-corrected chi connectivity index (χ0v) is 15.3. The first-order valence-corrected chi connectivity index (χ1v) is 8.26. The standard InChI is InChI=1S/C20H26N2O3/c1-15-5-9-18(10-6-15)25-14-20(23)21-13-19(22(2)3)16-7-11-17(24-4)12-8-16/h5-12,19H,13-14H2,1-4H3,(H,21,23). The van der Waals surface area contributed by atoms with E-state index < -0.39 is 0 Å². The fraction of sp³-hybridized carbons (Fsp3) is 0.350. The van der Waals surface area contributed by atoms with Crippen molar-refractivity contribution in [1.29, 1.82) is 0 Å². The van der Waals surface area contributed by atoms with E-state index in [4.69, 9.17) is 9.47 Å². The van der Waals surface area contributed by atoms with Crippen LogP contribution in [-0.2, 0) is 4.79 Å². The molecule has 0 saturated heterocycles. The molecular weight excluding hydrogens is 316 g/mol. The van der Waals surface area contributed by atoms with Crippen molar-refractivity contribution in [3.05, 3.63) is 59.7 Å². The molecule has 0 bridgehead atoms. The van der Waals surface area contributed by atoms with Gasteiger partial charge in [0.25, 0.3) is 5.91 Å². The molecule has 0 radical (unpaired) electrons. The van der Waals surface area contributed by atoms with E-state index in [0.717, 1.165) is 16.9 Å². The fourth-order valence-electron chi connectivity index (χ4n) is 2.47. The second-order valence-corrected chi connectivity index (χ2v) is 6.16. The van der Waals surface area contributed by atoms with Gasteiger partial charge in [0.2, 0.25) is 0 Å². The van der Waals surface area contributed by atoms with Gasteiger partial charge in [-0.05, 0) is 50.8 Å². The number of benzene rings is 2. The number of carbonyl (C=O) groups is 1. The molecule has 1 unspecified atom stereocenters. The third-order valence-electron chi connectivity index (χ3n) is 4.01. The zero-order chi connectivity index (χ0) is 18.2. The number of hydrogen-bond acceptors (Lipinski definition) is 4. The Labute approximate surface area is 149 Å². The number of nitrogens with one attached hydrogen (secondary N) is 1. The van der Waals surface area contributed by atoms with Crippen molar-refractivity contribution in [2.75, 3.05) is 34.4 Å². The van der Waals surface area contributed by atoms with Crippen molar-refractivity contribution >= 4 is 5.91 Å². The molecule has 25 heavy (non-hydrogen) atoms. The molecule has 5 nitrogen and oxygen atoms in total. The molecule has 0 spiro atoms. The molecule has 0 aliphatic rings. The molecule has 2 rings (SSSR count). The predicted molar refractivity (Wildman–Crippen MR) is 99.1 cm³/mol. The summed E-state index contributed by atoms with van der Waals surface area (Å²) in [5.41, 5.74) is 2.27. The molecule has 1 amide bonds. The predicted octanol–water partition coefficient (Wildman–Crippen LogP) is 2.80. The summed E-state index contributed by atoms with van der Waals surface area (Å²) in [6.45, 7) is 2.53. The molecule has 1 atom stereocenters. The Morgan fingerprint density at radius 3 is 2.20 bits per heavy atom. The molecule has 0 aromatic heterocycles. The molecular formula is C20H26N2O3. The minimum atomic E-state index is -0.138. The average Bonchev–Trinajstić information content (AvgIpc) is 2.61. The van der Waals surface area contributed by atoms with Gasteiger partial charge >= 0.3 is 0 Å². The first-order chi connectivity index (χ1) is 12.0. The molecule has 0 fully saturated rings. The van der Waals surface area contributed by atoms with E-state index in [2.05, 4.69) is 10.2 Å². The van der Waals surface area contributed by atoms with E-state index in [0.29, 0.717) is 12.3 Å². The normalized spacial score (nSPS) is 11.9. The first-order valence-electron chi connectivity index (χ1n) is 8.26. The maximum atomic E-state index is 12.1. The van der Waals surface area contributed by atoms with Crippen LogP contribution in [0.4, 0.5) is 0 Å². The summed E-state index contributed by atoms with van der Waals surface area (Å²) >= 11 is 0. The summed E-state index contributed by atoms with van der Waals surface area (Å²) in [5.74, 6) is 1.37. The molecule has 2 aromatic rings. The van der Waals surface area contributed by atoms with Gasteiger partial charge in [-0.1, -0.05) is 29.8 Å². The molecule has 2 aromatic carbocycles. The van der Waals surface area contributed by atoms with Gasteiger partial charge in [0.1, 0.15) is 11.5 Å². The lowest BCUT2D eigenvalue weighted by atomic mass is 10.1. The van der Waals surface area contributed by atoms with Crippen LogP contribution < -0.4 is 14.8 Å². The van der Waals surface area contributed by atoms with Crippen LogP contribution in [0.3, 0.4) is 0 Å². The molecule has 0 heterocycles. The quantitative estimate of drug-likeness (QED) is 0.801. The second-order valence-electron chi connectivity index (χ2n) is 6.16. The third-order valence-corrected chi connectivity index (χ3v) is 4.01. The molecule has 134 valence electrons. The van der Waals surface area contributed by atoms with Gasteiger partial charge in [0.05, 0.1) is 13.2 Å². The monoisotopic (exact) mass is 342 g/mol. The summed E-state index contributed by atoms with van der Waals surface area (Å²) in [4.78, 5) is 14.1. The van der Waals surface area contributed by atoms with Crippen molar-refractivity contribution < 1.29 is 14.3 Å². The highest BCUT2D eigenvalue weighted by atomic mass is 16.5. The first kappa shape index (κ1) is 18.8. The Morgan fingerprint density at radius 2 is 1.64 bits per heavy atom. The van der Waals surface area contributed by atoms with Crippen molar-refractivity contribution in [3.8, 4) is 11.5 Å². The minimum absolute atomic E-state index is 0.00578. The van der Waals surface area contributed by atoms with Crippen LogP contribution in [0.5, 0.6) is 11.5 Å². The largest absolute Gasteiger partial charge is 0.497 e. The van der Waals surface area contributed by atoms with Crippen LogP contribution >= 0.6 is 0 Å². The number of ether oxygens (including phenoxy) is 2. The number of likely N-dealkylation sites (N-methyl/N-ethyl adjacent to an activating group) is 1. The van der Waals surface area contributed by atoms with Crippen LogP contribution in [0.1, 0.15) is 17.2 Å². The summed E-state index contributed by atoms with van der Waals surface area (Å²) in [6, 6.07) is 15.6. The van der Waals surface area contributed by atoms with Crippen molar-refractivity contribution in [2.45, 2.75) is 13.0 Å². The van der Waals surface area contributed by atoms with Gasteiger partial charge in [-0.2, -0.15) is 0 Å². The van der Waals surface area contributed by atoms with Crippen molar-refractivity contribution in [1.82, 2.24) is 10.2 Å². The number of rotatable bonds is 8. The number of aryl methyl sites for hydroxylation is 1. The topological polar surface area (TPSA) is 50.8 Å². The lowest BCUT2D eigenvalue weighted by Gasteiger charge is -2.25. The van der Waals surface area contributed by atoms with Gasteiger partial charge in [-0.15, -0.1) is 0 Å². The maximum Gasteiger partial charge on any atom is 0.258 e. The number of carbonyl (C=O) groups excluding carboxylic acids is 1. The lowest BCUT2D eigenvalue weighted by molar-refractivity contribution is -0.123. The smallest absolute Gasteiger partial charge is 0.258 e. The minimum Gasteiger partial charge on any atom is -0.497 e. The highest BCUT2D eigenvalue weighted by Crippen LogP contribution is 2.20. The van der Waals surface area contributed by atoms with E-state index in [1.54, 1.807) is 7.11 Å². The summed E-state index contributed by atoms with van der Waals surface area (Å²) in [5, 5.41) is 2.94. The Morgan fingerprint density at radius 1 is 1.04 bits per heavy atom. The Bertz CT molecular complexity index is 666. The zero-order valence-electron chi connectivity index (χ0n) is 15.3. The van der Waals surface area contributed by atoms with Crippen LogP contribution in [0.15, 0.2) is 48.5 Å². The van der Waals surface area contributed by atoms with Crippen LogP contribution in [0.2, 0.25) is 0 Å². The van der Waals surface area contributed by atoms with Crippen LogP contribution in [-0.4, -0.2) is 45.2 Å². The second kappa shape index (κ2) is 9.08. The Balaban J connectivity index is 1.87. The van der Waals surface area contributed by atoms with Gasteiger partial charge in [-0.25, -0.2) is 0 Å². The average molecular weight is 342 g/mol.